The quantitative estimate of drug-likeness (QED) is 0.364. The van der Waals surface area contributed by atoms with Crippen LogP contribution in [0.25, 0.3) is 22.3 Å². The number of thioether (sulfide) groups is 1. The molecule has 4 heteroatoms. The summed E-state index contributed by atoms with van der Waals surface area (Å²) >= 11 is 1.96. The summed E-state index contributed by atoms with van der Waals surface area (Å²) in [4.78, 5) is 12.0. The highest BCUT2D eigenvalue weighted by molar-refractivity contribution is 8.00. The number of hydrogen-bond acceptors (Lipinski definition) is 3. The third-order valence-corrected chi connectivity index (χ3v) is 6.89. The van der Waals surface area contributed by atoms with Crippen molar-refractivity contribution in [2.45, 2.75) is 36.3 Å². The van der Waals surface area contributed by atoms with Gasteiger partial charge in [-0.1, -0.05) is 37.3 Å². The van der Waals surface area contributed by atoms with E-state index in [2.05, 4.69) is 82.5 Å². The Balaban J connectivity index is 1.46. The van der Waals surface area contributed by atoms with Crippen molar-refractivity contribution in [3.63, 3.8) is 0 Å². The Hall–Kier alpha value is -2.72. The first-order chi connectivity index (χ1) is 14.8. The lowest BCUT2D eigenvalue weighted by Crippen LogP contribution is -2.18. The average Bonchev–Trinajstić information content (AvgIpc) is 3.44. The van der Waals surface area contributed by atoms with Gasteiger partial charge in [0.15, 0.2) is 0 Å². The zero-order chi connectivity index (χ0) is 20.3. The first-order valence-electron chi connectivity index (χ1n) is 10.8. The number of rotatable bonds is 6. The maximum atomic E-state index is 4.52. The Morgan fingerprint density at radius 2 is 1.83 bits per heavy atom. The van der Waals surface area contributed by atoms with E-state index < -0.39 is 0 Å². The molecule has 0 amide bonds. The van der Waals surface area contributed by atoms with E-state index in [1.165, 1.54) is 34.6 Å². The van der Waals surface area contributed by atoms with Crippen LogP contribution in [0.15, 0.2) is 77.8 Å². The number of fused-ring (bicyclic) bond motifs is 1. The van der Waals surface area contributed by atoms with Crippen molar-refractivity contribution >= 4 is 28.5 Å². The highest BCUT2D eigenvalue weighted by Gasteiger charge is 2.19. The molecule has 1 unspecified atom stereocenters. The number of aromatic amines is 1. The molecule has 1 fully saturated rings. The van der Waals surface area contributed by atoms with Gasteiger partial charge in [-0.3, -0.25) is 4.98 Å². The molecule has 2 aromatic carbocycles. The molecule has 1 saturated heterocycles. The van der Waals surface area contributed by atoms with E-state index >= 15 is 0 Å². The SMILES string of the molecule is CC(Cc1ccccc1)Sc1ccc(N2CCCC2)c(-c2cc3ncccc3[nH]2)c1. The lowest BCUT2D eigenvalue weighted by Gasteiger charge is -2.22. The third-order valence-electron chi connectivity index (χ3n) is 5.80. The van der Waals surface area contributed by atoms with Crippen molar-refractivity contribution in [2.75, 3.05) is 18.0 Å². The summed E-state index contributed by atoms with van der Waals surface area (Å²) in [6.45, 7) is 4.60. The van der Waals surface area contributed by atoms with Crippen LogP contribution in [0.1, 0.15) is 25.3 Å². The van der Waals surface area contributed by atoms with E-state index in [1.54, 1.807) is 0 Å². The van der Waals surface area contributed by atoms with Crippen LogP contribution in [-0.4, -0.2) is 28.3 Å². The first-order valence-corrected chi connectivity index (χ1v) is 11.7. The van der Waals surface area contributed by atoms with E-state index in [4.69, 9.17) is 0 Å². The Bertz CT molecular complexity index is 1100. The van der Waals surface area contributed by atoms with Crippen molar-refractivity contribution in [1.29, 1.82) is 0 Å². The fraction of sp³-hybridized carbons (Fsp3) is 0.269. The Kier molecular flexibility index (Phi) is 5.50. The minimum atomic E-state index is 0.516. The molecule has 152 valence electrons. The number of H-pyrrole nitrogens is 1. The van der Waals surface area contributed by atoms with Crippen molar-refractivity contribution in [1.82, 2.24) is 9.97 Å². The molecule has 0 aliphatic carbocycles. The van der Waals surface area contributed by atoms with Gasteiger partial charge in [-0.2, -0.15) is 0 Å². The largest absolute Gasteiger partial charge is 0.371 e. The number of anilines is 1. The van der Waals surface area contributed by atoms with Crippen LogP contribution in [0.2, 0.25) is 0 Å². The molecular formula is C26H27N3S. The number of aromatic nitrogens is 2. The zero-order valence-corrected chi connectivity index (χ0v) is 18.2. The summed E-state index contributed by atoms with van der Waals surface area (Å²) in [5, 5.41) is 0.516. The van der Waals surface area contributed by atoms with Gasteiger partial charge in [0.05, 0.1) is 16.7 Å². The normalized spacial score (nSPS) is 15.0. The van der Waals surface area contributed by atoms with Gasteiger partial charge >= 0.3 is 0 Å². The van der Waals surface area contributed by atoms with Gasteiger partial charge in [0, 0.05) is 40.7 Å². The summed E-state index contributed by atoms with van der Waals surface area (Å²) < 4.78 is 0. The second kappa shape index (κ2) is 8.57. The molecule has 1 N–H and O–H groups in total. The molecule has 0 radical (unpaired) electrons. The molecule has 0 spiro atoms. The Morgan fingerprint density at radius 1 is 1.00 bits per heavy atom. The third kappa shape index (κ3) is 4.10. The minimum Gasteiger partial charge on any atom is -0.371 e. The van der Waals surface area contributed by atoms with Crippen LogP contribution >= 0.6 is 11.8 Å². The van der Waals surface area contributed by atoms with Crippen LogP contribution < -0.4 is 4.90 Å². The van der Waals surface area contributed by atoms with Gasteiger partial charge in [0.25, 0.3) is 0 Å². The van der Waals surface area contributed by atoms with Gasteiger partial charge < -0.3 is 9.88 Å². The standard InChI is InChI=1S/C26H27N3S/c1-19(16-20-8-3-2-4-9-20)30-21-11-12-26(29-14-5-6-15-29)22(17-21)24-18-25-23(28-24)10-7-13-27-25/h2-4,7-13,17-19,28H,5-6,14-16H2,1H3. The highest BCUT2D eigenvalue weighted by atomic mass is 32.2. The van der Waals surface area contributed by atoms with Crippen molar-refractivity contribution < 1.29 is 0 Å². The van der Waals surface area contributed by atoms with Gasteiger partial charge in [-0.05, 0) is 61.2 Å². The molecule has 1 aliphatic rings. The molecule has 3 heterocycles. The fourth-order valence-corrected chi connectivity index (χ4v) is 5.43. The van der Waals surface area contributed by atoms with Gasteiger partial charge in [-0.25, -0.2) is 0 Å². The van der Waals surface area contributed by atoms with E-state index in [1.807, 2.05) is 24.0 Å². The van der Waals surface area contributed by atoms with Gasteiger partial charge in [0.2, 0.25) is 0 Å². The molecule has 3 nitrogen and oxygen atoms in total. The van der Waals surface area contributed by atoms with Crippen LogP contribution in [0, 0.1) is 0 Å². The summed E-state index contributed by atoms with van der Waals surface area (Å²) in [5.74, 6) is 0. The summed E-state index contributed by atoms with van der Waals surface area (Å²) in [7, 11) is 0. The van der Waals surface area contributed by atoms with E-state index in [0.29, 0.717) is 5.25 Å². The lowest BCUT2D eigenvalue weighted by molar-refractivity contribution is 0.941. The van der Waals surface area contributed by atoms with Crippen LogP contribution in [0.3, 0.4) is 0 Å². The summed E-state index contributed by atoms with van der Waals surface area (Å²) in [6, 6.07) is 24.0. The first kappa shape index (κ1) is 19.3. The molecule has 0 bridgehead atoms. The van der Waals surface area contributed by atoms with Crippen molar-refractivity contribution in [3.05, 3.63) is 78.5 Å². The van der Waals surface area contributed by atoms with E-state index in [0.717, 1.165) is 36.2 Å². The molecule has 2 aromatic heterocycles. The monoisotopic (exact) mass is 413 g/mol. The van der Waals surface area contributed by atoms with E-state index in [9.17, 15) is 0 Å². The Morgan fingerprint density at radius 3 is 2.63 bits per heavy atom. The van der Waals surface area contributed by atoms with Gasteiger partial charge in [-0.15, -0.1) is 11.8 Å². The highest BCUT2D eigenvalue weighted by Crippen LogP contribution is 2.38. The second-order valence-electron chi connectivity index (χ2n) is 8.11. The smallest absolute Gasteiger partial charge is 0.0885 e. The molecule has 0 saturated carbocycles. The van der Waals surface area contributed by atoms with Gasteiger partial charge in [0.1, 0.15) is 0 Å². The van der Waals surface area contributed by atoms with Crippen molar-refractivity contribution in [2.24, 2.45) is 0 Å². The molecule has 5 rings (SSSR count). The minimum absolute atomic E-state index is 0.516. The molecular weight excluding hydrogens is 386 g/mol. The number of benzene rings is 2. The number of nitrogens with zero attached hydrogens (tertiary/aromatic N) is 2. The molecule has 30 heavy (non-hydrogen) atoms. The maximum absolute atomic E-state index is 4.52. The average molecular weight is 414 g/mol. The van der Waals surface area contributed by atoms with Crippen LogP contribution in [-0.2, 0) is 6.42 Å². The molecule has 1 atom stereocenters. The topological polar surface area (TPSA) is 31.9 Å². The van der Waals surface area contributed by atoms with E-state index in [-0.39, 0.29) is 0 Å². The molecule has 1 aliphatic heterocycles. The number of nitrogens with one attached hydrogen (secondary N) is 1. The number of hydrogen-bond donors (Lipinski definition) is 1. The lowest BCUT2D eigenvalue weighted by atomic mass is 10.1. The Labute approximate surface area is 182 Å². The predicted molar refractivity (Wildman–Crippen MR) is 128 cm³/mol. The number of pyridine rings is 1. The summed E-state index contributed by atoms with van der Waals surface area (Å²) in [6.07, 6.45) is 5.49. The fourth-order valence-electron chi connectivity index (χ4n) is 4.36. The maximum Gasteiger partial charge on any atom is 0.0885 e. The predicted octanol–water partition coefficient (Wildman–Crippen LogP) is 6.55. The second-order valence-corrected chi connectivity index (χ2v) is 9.62. The van der Waals surface area contributed by atoms with Crippen LogP contribution in [0.5, 0.6) is 0 Å². The van der Waals surface area contributed by atoms with Crippen LogP contribution in [0.4, 0.5) is 5.69 Å². The van der Waals surface area contributed by atoms with Crippen molar-refractivity contribution in [3.8, 4) is 11.3 Å². The summed E-state index contributed by atoms with van der Waals surface area (Å²) in [5.41, 5.74) is 7.29. The molecule has 4 aromatic rings. The zero-order valence-electron chi connectivity index (χ0n) is 17.3.